The van der Waals surface area contributed by atoms with Crippen LogP contribution in [0.2, 0.25) is 0 Å². The Morgan fingerprint density at radius 3 is 2.21 bits per heavy atom. The van der Waals surface area contributed by atoms with Crippen molar-refractivity contribution in [3.8, 4) is 0 Å². The summed E-state index contributed by atoms with van der Waals surface area (Å²) in [5.41, 5.74) is 12.3. The molecule has 0 saturated heterocycles. The summed E-state index contributed by atoms with van der Waals surface area (Å²) < 4.78 is 0. The zero-order chi connectivity index (χ0) is 10.3. The molecule has 0 spiro atoms. The molecule has 0 unspecified atom stereocenters. The van der Waals surface area contributed by atoms with Crippen LogP contribution in [0.5, 0.6) is 0 Å². The van der Waals surface area contributed by atoms with Crippen LogP contribution < -0.4 is 11.5 Å². The van der Waals surface area contributed by atoms with Crippen LogP contribution in [0.3, 0.4) is 0 Å². The maximum atomic E-state index is 11.4. The van der Waals surface area contributed by atoms with Gasteiger partial charge in [-0.1, -0.05) is 0 Å². The lowest BCUT2D eigenvalue weighted by atomic mass is 9.88. The summed E-state index contributed by atoms with van der Waals surface area (Å²) in [6, 6.07) is 0. The molecule has 0 radical (unpaired) electrons. The van der Waals surface area contributed by atoms with Crippen molar-refractivity contribution < 1.29 is 9.59 Å². The van der Waals surface area contributed by atoms with Gasteiger partial charge in [0.2, 0.25) is 5.78 Å². The van der Waals surface area contributed by atoms with Gasteiger partial charge in [-0.25, -0.2) is 0 Å². The lowest BCUT2D eigenvalue weighted by molar-refractivity contribution is -0.113. The van der Waals surface area contributed by atoms with E-state index >= 15 is 0 Å². The Morgan fingerprint density at radius 2 is 1.50 bits per heavy atom. The molecule has 0 fully saturated rings. The average molecular weight is 188 g/mol. The lowest BCUT2D eigenvalue weighted by Gasteiger charge is -2.17. The van der Waals surface area contributed by atoms with Gasteiger partial charge in [-0.05, 0) is 24.3 Å². The molecule has 0 aromatic heterocycles. The number of ketones is 2. The van der Waals surface area contributed by atoms with Gasteiger partial charge in [0.05, 0.1) is 11.3 Å². The zero-order valence-corrected chi connectivity index (χ0v) is 7.28. The van der Waals surface area contributed by atoms with E-state index in [4.69, 9.17) is 11.5 Å². The number of fused-ring (bicyclic) bond motifs is 1. The minimum absolute atomic E-state index is 0.0280. The molecule has 0 aliphatic heterocycles. The molecule has 4 heteroatoms. The van der Waals surface area contributed by atoms with Gasteiger partial charge in [0.25, 0.3) is 0 Å². The second kappa shape index (κ2) is 2.70. The molecular formula is C10H8N2O2. The fraction of sp³-hybridized carbons (Fsp3) is 0. The van der Waals surface area contributed by atoms with Gasteiger partial charge in [0.1, 0.15) is 0 Å². The van der Waals surface area contributed by atoms with Gasteiger partial charge < -0.3 is 11.5 Å². The van der Waals surface area contributed by atoms with Crippen molar-refractivity contribution in [2.24, 2.45) is 11.5 Å². The van der Waals surface area contributed by atoms with E-state index in [2.05, 4.69) is 0 Å². The zero-order valence-electron chi connectivity index (χ0n) is 7.28. The average Bonchev–Trinajstić information content (AvgIpc) is 2.16. The number of carbonyl (C=O) groups excluding carboxylic acids is 2. The normalized spacial score (nSPS) is 20.6. The van der Waals surface area contributed by atoms with Crippen LogP contribution in [-0.2, 0) is 9.59 Å². The third-order valence-corrected chi connectivity index (χ3v) is 2.18. The minimum Gasteiger partial charge on any atom is -0.398 e. The molecular weight excluding hydrogens is 180 g/mol. The van der Waals surface area contributed by atoms with Crippen LogP contribution in [-0.4, -0.2) is 11.6 Å². The highest BCUT2D eigenvalue weighted by Crippen LogP contribution is 2.26. The Labute approximate surface area is 80.3 Å². The van der Waals surface area contributed by atoms with Crippen molar-refractivity contribution in [3.63, 3.8) is 0 Å². The first kappa shape index (κ1) is 8.50. The largest absolute Gasteiger partial charge is 0.398 e. The van der Waals surface area contributed by atoms with E-state index in [0.29, 0.717) is 11.3 Å². The van der Waals surface area contributed by atoms with E-state index in [9.17, 15) is 9.59 Å². The third kappa shape index (κ3) is 1.01. The number of hydrogen-bond acceptors (Lipinski definition) is 4. The molecule has 14 heavy (non-hydrogen) atoms. The Hall–Kier alpha value is -2.10. The highest BCUT2D eigenvalue weighted by Gasteiger charge is 2.25. The molecule has 4 nitrogen and oxygen atoms in total. The molecule has 0 aromatic rings. The molecule has 0 aromatic carbocycles. The standard InChI is InChI=1S/C10H8N2O2/c11-6-2-4-7(13)9-5(6)1-3-8(14)10(9)12/h1-4H,11-12H2. The molecule has 4 N–H and O–H groups in total. The van der Waals surface area contributed by atoms with E-state index in [1.54, 1.807) is 0 Å². The first-order chi connectivity index (χ1) is 6.61. The van der Waals surface area contributed by atoms with E-state index in [1.165, 1.54) is 24.3 Å². The van der Waals surface area contributed by atoms with Crippen LogP contribution in [0, 0.1) is 0 Å². The van der Waals surface area contributed by atoms with Crippen molar-refractivity contribution in [1.82, 2.24) is 0 Å². The van der Waals surface area contributed by atoms with Crippen molar-refractivity contribution in [2.75, 3.05) is 0 Å². The maximum absolute atomic E-state index is 11.4. The number of allylic oxidation sites excluding steroid dienone is 6. The van der Waals surface area contributed by atoms with E-state index < -0.39 is 0 Å². The van der Waals surface area contributed by atoms with Crippen LogP contribution >= 0.6 is 0 Å². The quantitative estimate of drug-likeness (QED) is 0.546. The van der Waals surface area contributed by atoms with E-state index in [-0.39, 0.29) is 22.8 Å². The van der Waals surface area contributed by atoms with Crippen LogP contribution in [0.25, 0.3) is 0 Å². The third-order valence-electron chi connectivity index (χ3n) is 2.18. The Bertz CT molecular complexity index is 465. The van der Waals surface area contributed by atoms with Gasteiger partial charge in [-0.3, -0.25) is 9.59 Å². The topological polar surface area (TPSA) is 86.2 Å². The summed E-state index contributed by atoms with van der Waals surface area (Å²) in [6.45, 7) is 0. The van der Waals surface area contributed by atoms with Crippen molar-refractivity contribution in [3.05, 3.63) is 46.8 Å². The van der Waals surface area contributed by atoms with Crippen molar-refractivity contribution in [1.29, 1.82) is 0 Å². The van der Waals surface area contributed by atoms with Crippen LogP contribution in [0.15, 0.2) is 46.8 Å². The van der Waals surface area contributed by atoms with Crippen molar-refractivity contribution >= 4 is 11.6 Å². The number of rotatable bonds is 0. The molecule has 2 aliphatic rings. The SMILES string of the molecule is NC1=C2C=CC(=O)C(N)=C2C(=O)C=C1. The maximum Gasteiger partial charge on any atom is 0.202 e. The van der Waals surface area contributed by atoms with E-state index in [1.807, 2.05) is 0 Å². The van der Waals surface area contributed by atoms with Gasteiger partial charge in [0, 0.05) is 11.3 Å². The van der Waals surface area contributed by atoms with Gasteiger partial charge in [-0.2, -0.15) is 0 Å². The summed E-state index contributed by atoms with van der Waals surface area (Å²) in [6.07, 6.45) is 5.65. The first-order valence-electron chi connectivity index (χ1n) is 4.06. The molecule has 0 amide bonds. The van der Waals surface area contributed by atoms with Gasteiger partial charge in [-0.15, -0.1) is 0 Å². The van der Waals surface area contributed by atoms with Crippen LogP contribution in [0.1, 0.15) is 0 Å². The van der Waals surface area contributed by atoms with Crippen LogP contribution in [0.4, 0.5) is 0 Å². The fourth-order valence-corrected chi connectivity index (χ4v) is 1.45. The molecule has 70 valence electrons. The fourth-order valence-electron chi connectivity index (χ4n) is 1.45. The summed E-state index contributed by atoms with van der Waals surface area (Å²) in [4.78, 5) is 22.6. The smallest absolute Gasteiger partial charge is 0.202 e. The summed E-state index contributed by atoms with van der Waals surface area (Å²) >= 11 is 0. The Kier molecular flexibility index (Phi) is 1.64. The highest BCUT2D eigenvalue weighted by atomic mass is 16.1. The molecule has 0 atom stereocenters. The van der Waals surface area contributed by atoms with E-state index in [0.717, 1.165) is 0 Å². The molecule has 2 aliphatic carbocycles. The molecule has 0 heterocycles. The summed E-state index contributed by atoms with van der Waals surface area (Å²) in [5, 5.41) is 0. The Morgan fingerprint density at radius 1 is 0.857 bits per heavy atom. The number of carbonyl (C=O) groups is 2. The number of nitrogens with two attached hydrogens (primary N) is 2. The monoisotopic (exact) mass is 188 g/mol. The lowest BCUT2D eigenvalue weighted by Crippen LogP contribution is -2.23. The second-order valence-corrected chi connectivity index (χ2v) is 3.05. The molecule has 2 rings (SSSR count). The highest BCUT2D eigenvalue weighted by molar-refractivity contribution is 6.19. The first-order valence-corrected chi connectivity index (χ1v) is 4.06. The van der Waals surface area contributed by atoms with Crippen molar-refractivity contribution in [2.45, 2.75) is 0 Å². The summed E-state index contributed by atoms with van der Waals surface area (Å²) in [5.74, 6) is -0.621. The predicted octanol–water partition coefficient (Wildman–Crippen LogP) is -0.310. The molecule has 0 saturated carbocycles. The number of hydrogen-bond donors (Lipinski definition) is 2. The van der Waals surface area contributed by atoms with Gasteiger partial charge in [0.15, 0.2) is 5.78 Å². The summed E-state index contributed by atoms with van der Waals surface area (Å²) in [7, 11) is 0. The molecule has 0 bridgehead atoms. The second-order valence-electron chi connectivity index (χ2n) is 3.05. The minimum atomic E-state index is -0.347. The predicted molar refractivity (Wildman–Crippen MR) is 50.7 cm³/mol. The van der Waals surface area contributed by atoms with Gasteiger partial charge >= 0.3 is 0 Å². The Balaban J connectivity index is 2.70.